The first-order chi connectivity index (χ1) is 9.73. The number of hydrogen-bond acceptors (Lipinski definition) is 3. The van der Waals surface area contributed by atoms with Crippen LogP contribution in [0.25, 0.3) is 0 Å². The molecular weight excluding hydrogens is 285 g/mol. The maximum Gasteiger partial charge on any atom is 0.419 e. The van der Waals surface area contributed by atoms with Crippen LogP contribution in [0, 0.1) is 0 Å². The van der Waals surface area contributed by atoms with Gasteiger partial charge in [-0.1, -0.05) is 30.3 Å². The van der Waals surface area contributed by atoms with Crippen LogP contribution in [0.1, 0.15) is 24.4 Å². The summed E-state index contributed by atoms with van der Waals surface area (Å²) in [6.07, 6.45) is -5.32. The number of halogens is 3. The molecule has 1 aliphatic rings. The number of amides is 1. The summed E-state index contributed by atoms with van der Waals surface area (Å²) in [5.74, 6) is -0.480. The molecule has 0 aromatic heterocycles. The van der Waals surface area contributed by atoms with Gasteiger partial charge in [0.25, 0.3) is 0 Å². The molecule has 2 rings (SSSR count). The highest BCUT2D eigenvalue weighted by molar-refractivity contribution is 5.77. The Morgan fingerprint density at radius 1 is 1.38 bits per heavy atom. The van der Waals surface area contributed by atoms with Crippen LogP contribution in [0.2, 0.25) is 0 Å². The third-order valence-electron chi connectivity index (χ3n) is 3.75. The highest BCUT2D eigenvalue weighted by Crippen LogP contribution is 2.37. The van der Waals surface area contributed by atoms with E-state index in [0.717, 1.165) is 10.5 Å². The smallest absolute Gasteiger partial charge is 0.379 e. The minimum absolute atomic E-state index is 0.0854. The quantitative estimate of drug-likeness (QED) is 0.891. The third-order valence-corrected chi connectivity index (χ3v) is 3.75. The molecule has 1 saturated heterocycles. The molecular formula is C14H17F3N2O2. The zero-order chi connectivity index (χ0) is 15.7. The van der Waals surface area contributed by atoms with Crippen molar-refractivity contribution in [1.82, 2.24) is 4.90 Å². The lowest BCUT2D eigenvalue weighted by Gasteiger charge is -2.26. The van der Waals surface area contributed by atoms with Crippen molar-refractivity contribution in [3.8, 4) is 0 Å². The molecule has 0 saturated carbocycles. The number of nitrogens with zero attached hydrogens (tertiary/aromatic N) is 1. The van der Waals surface area contributed by atoms with Crippen LogP contribution in [-0.2, 0) is 4.79 Å². The molecule has 1 heterocycles. The number of carbonyl (C=O) groups is 1. The van der Waals surface area contributed by atoms with E-state index in [-0.39, 0.29) is 13.0 Å². The molecule has 0 radical (unpaired) electrons. The third kappa shape index (κ3) is 3.36. The first-order valence-corrected chi connectivity index (χ1v) is 6.60. The number of benzene rings is 1. The average Bonchev–Trinajstić information content (AvgIpc) is 2.83. The summed E-state index contributed by atoms with van der Waals surface area (Å²) in [5.41, 5.74) is 3.83. The largest absolute Gasteiger partial charge is 0.419 e. The Bertz CT molecular complexity index is 507. The predicted molar refractivity (Wildman–Crippen MR) is 70.2 cm³/mol. The van der Waals surface area contributed by atoms with Crippen molar-refractivity contribution in [3.63, 3.8) is 0 Å². The molecule has 1 aliphatic heterocycles. The van der Waals surface area contributed by atoms with Gasteiger partial charge in [0.05, 0.1) is 6.54 Å². The molecule has 0 bridgehead atoms. The Balaban J connectivity index is 1.97. The first-order valence-electron chi connectivity index (χ1n) is 6.60. The molecule has 7 heteroatoms. The van der Waals surface area contributed by atoms with Gasteiger partial charge in [-0.05, 0) is 5.56 Å². The molecule has 3 N–H and O–H groups in total. The fourth-order valence-corrected chi connectivity index (χ4v) is 2.37. The standard InChI is InChI=1S/C14H17F3N2O2/c15-14(16,17)13(21)6-7-19(9-13)12(20)8-11(18)10-4-2-1-3-5-10/h1-5,11,21H,6-9,18H2. The Labute approximate surface area is 120 Å². The van der Waals surface area contributed by atoms with Crippen LogP contribution < -0.4 is 5.73 Å². The topological polar surface area (TPSA) is 66.6 Å². The SMILES string of the molecule is NC(CC(=O)N1CCC(O)(C(F)(F)F)C1)c1ccccc1. The van der Waals surface area contributed by atoms with Gasteiger partial charge in [0, 0.05) is 25.4 Å². The number of hydrogen-bond donors (Lipinski definition) is 2. The van der Waals surface area contributed by atoms with Gasteiger partial charge in [-0.15, -0.1) is 0 Å². The monoisotopic (exact) mass is 302 g/mol. The molecule has 116 valence electrons. The number of nitrogens with two attached hydrogens (primary N) is 1. The van der Waals surface area contributed by atoms with E-state index in [2.05, 4.69) is 0 Å². The van der Waals surface area contributed by atoms with E-state index in [1.807, 2.05) is 6.07 Å². The Kier molecular flexibility index (Phi) is 4.25. The van der Waals surface area contributed by atoms with E-state index in [1.54, 1.807) is 24.3 Å². The zero-order valence-corrected chi connectivity index (χ0v) is 11.3. The van der Waals surface area contributed by atoms with Crippen LogP contribution in [0.5, 0.6) is 0 Å². The molecule has 0 spiro atoms. The van der Waals surface area contributed by atoms with Crippen LogP contribution in [0.4, 0.5) is 13.2 Å². The van der Waals surface area contributed by atoms with Gasteiger partial charge in [-0.2, -0.15) is 13.2 Å². The van der Waals surface area contributed by atoms with Gasteiger partial charge in [-0.25, -0.2) is 0 Å². The Morgan fingerprint density at radius 3 is 2.52 bits per heavy atom. The van der Waals surface area contributed by atoms with Crippen molar-refractivity contribution >= 4 is 5.91 Å². The highest BCUT2D eigenvalue weighted by Gasteiger charge is 2.57. The first kappa shape index (κ1) is 15.8. The minimum Gasteiger partial charge on any atom is -0.379 e. The summed E-state index contributed by atoms with van der Waals surface area (Å²) in [7, 11) is 0. The van der Waals surface area contributed by atoms with E-state index in [0.29, 0.717) is 0 Å². The van der Waals surface area contributed by atoms with E-state index in [4.69, 9.17) is 5.73 Å². The van der Waals surface area contributed by atoms with Crippen molar-refractivity contribution in [2.75, 3.05) is 13.1 Å². The van der Waals surface area contributed by atoms with E-state index >= 15 is 0 Å². The average molecular weight is 302 g/mol. The van der Waals surface area contributed by atoms with Gasteiger partial charge in [0.2, 0.25) is 5.91 Å². The summed E-state index contributed by atoms with van der Waals surface area (Å²) in [4.78, 5) is 13.0. The summed E-state index contributed by atoms with van der Waals surface area (Å²) in [6.45, 7) is -0.840. The van der Waals surface area contributed by atoms with E-state index < -0.39 is 36.7 Å². The number of alkyl halides is 3. The summed E-state index contributed by atoms with van der Waals surface area (Å²) >= 11 is 0. The lowest BCUT2D eigenvalue weighted by Crippen LogP contribution is -2.48. The molecule has 1 aromatic rings. The molecule has 1 aromatic carbocycles. The van der Waals surface area contributed by atoms with Crippen LogP contribution in [-0.4, -0.2) is 40.8 Å². The van der Waals surface area contributed by atoms with Crippen molar-refractivity contribution < 1.29 is 23.1 Å². The van der Waals surface area contributed by atoms with Gasteiger partial charge >= 0.3 is 6.18 Å². The maximum absolute atomic E-state index is 12.7. The van der Waals surface area contributed by atoms with Crippen LogP contribution in [0.15, 0.2) is 30.3 Å². The highest BCUT2D eigenvalue weighted by atomic mass is 19.4. The molecule has 4 nitrogen and oxygen atoms in total. The van der Waals surface area contributed by atoms with E-state index in [9.17, 15) is 23.1 Å². The lowest BCUT2D eigenvalue weighted by atomic mass is 10.0. The second kappa shape index (κ2) is 5.65. The Morgan fingerprint density at radius 2 is 2.00 bits per heavy atom. The maximum atomic E-state index is 12.7. The predicted octanol–water partition coefficient (Wildman–Crippen LogP) is 1.60. The molecule has 1 amide bonds. The van der Waals surface area contributed by atoms with Crippen molar-refractivity contribution in [3.05, 3.63) is 35.9 Å². The minimum atomic E-state index is -4.73. The van der Waals surface area contributed by atoms with Gasteiger partial charge < -0.3 is 15.7 Å². The summed E-state index contributed by atoms with van der Waals surface area (Å²) in [5, 5.41) is 9.55. The fourth-order valence-electron chi connectivity index (χ4n) is 2.37. The van der Waals surface area contributed by atoms with Crippen molar-refractivity contribution in [1.29, 1.82) is 0 Å². The van der Waals surface area contributed by atoms with Crippen molar-refractivity contribution in [2.45, 2.75) is 30.7 Å². The fraction of sp³-hybridized carbons (Fsp3) is 0.500. The van der Waals surface area contributed by atoms with Crippen molar-refractivity contribution in [2.24, 2.45) is 5.73 Å². The lowest BCUT2D eigenvalue weighted by molar-refractivity contribution is -0.253. The number of aliphatic hydroxyl groups is 1. The van der Waals surface area contributed by atoms with Gasteiger partial charge in [0.15, 0.2) is 5.60 Å². The van der Waals surface area contributed by atoms with Gasteiger partial charge in [-0.3, -0.25) is 4.79 Å². The summed E-state index contributed by atoms with van der Waals surface area (Å²) < 4.78 is 38.1. The molecule has 1 fully saturated rings. The number of carbonyl (C=O) groups excluding carboxylic acids is 1. The van der Waals surface area contributed by atoms with Crippen LogP contribution >= 0.6 is 0 Å². The zero-order valence-electron chi connectivity index (χ0n) is 11.3. The Hall–Kier alpha value is -1.60. The molecule has 2 unspecified atom stereocenters. The second-order valence-electron chi connectivity index (χ2n) is 5.32. The second-order valence-corrected chi connectivity index (χ2v) is 5.32. The van der Waals surface area contributed by atoms with Gasteiger partial charge in [0.1, 0.15) is 0 Å². The number of likely N-dealkylation sites (tertiary alicyclic amines) is 1. The molecule has 21 heavy (non-hydrogen) atoms. The molecule has 2 atom stereocenters. The normalized spacial score (nSPS) is 24.1. The summed E-state index contributed by atoms with van der Waals surface area (Å²) in [6, 6.07) is 8.30. The molecule has 0 aliphatic carbocycles. The number of rotatable bonds is 3. The number of β-amino-alcohol motifs (C(OH)–C–C–N with tert-alkyl or cyclic N) is 1. The van der Waals surface area contributed by atoms with Crippen LogP contribution in [0.3, 0.4) is 0 Å². The van der Waals surface area contributed by atoms with E-state index in [1.165, 1.54) is 0 Å².